The van der Waals surface area contributed by atoms with E-state index in [1.807, 2.05) is 6.92 Å². The maximum absolute atomic E-state index is 11.5. The van der Waals surface area contributed by atoms with E-state index in [1.54, 1.807) is 11.3 Å². The molecule has 1 unspecified atom stereocenters. The van der Waals surface area contributed by atoms with Crippen LogP contribution in [0, 0.1) is 12.8 Å². The summed E-state index contributed by atoms with van der Waals surface area (Å²) in [5.41, 5.74) is 6.83. The fraction of sp³-hybridized carbons (Fsp3) is 0.615. The standard InChI is InChI=1S/C13H22N2OS/c1-10(8-14)9-15-13(16)5-3-4-12-11(2)6-7-17-12/h6-7,10H,3-5,8-9,14H2,1-2H3,(H,15,16). The molecule has 0 spiro atoms. The van der Waals surface area contributed by atoms with Crippen LogP contribution in [-0.2, 0) is 11.2 Å². The lowest BCUT2D eigenvalue weighted by molar-refractivity contribution is -0.121. The van der Waals surface area contributed by atoms with Crippen LogP contribution in [0.1, 0.15) is 30.2 Å². The lowest BCUT2D eigenvalue weighted by Crippen LogP contribution is -2.31. The summed E-state index contributed by atoms with van der Waals surface area (Å²) in [5.74, 6) is 0.498. The van der Waals surface area contributed by atoms with Gasteiger partial charge in [0.2, 0.25) is 5.91 Å². The van der Waals surface area contributed by atoms with Gasteiger partial charge >= 0.3 is 0 Å². The van der Waals surface area contributed by atoms with Gasteiger partial charge in [0, 0.05) is 17.8 Å². The van der Waals surface area contributed by atoms with Crippen LogP contribution in [0.15, 0.2) is 11.4 Å². The zero-order valence-electron chi connectivity index (χ0n) is 10.7. The minimum Gasteiger partial charge on any atom is -0.356 e. The summed E-state index contributed by atoms with van der Waals surface area (Å²) in [6.07, 6.45) is 2.53. The number of carbonyl (C=O) groups excluding carboxylic acids is 1. The normalized spacial score (nSPS) is 12.4. The van der Waals surface area contributed by atoms with Crippen LogP contribution in [-0.4, -0.2) is 19.0 Å². The number of carbonyl (C=O) groups is 1. The van der Waals surface area contributed by atoms with Crippen LogP contribution >= 0.6 is 11.3 Å². The van der Waals surface area contributed by atoms with Gasteiger partial charge in [0.15, 0.2) is 0 Å². The van der Waals surface area contributed by atoms with Crippen molar-refractivity contribution in [2.75, 3.05) is 13.1 Å². The van der Waals surface area contributed by atoms with Gasteiger partial charge in [0.05, 0.1) is 0 Å². The molecule has 1 heterocycles. The Hall–Kier alpha value is -0.870. The van der Waals surface area contributed by atoms with Gasteiger partial charge in [-0.3, -0.25) is 4.79 Å². The minimum atomic E-state index is 0.138. The predicted molar refractivity (Wildman–Crippen MR) is 73.2 cm³/mol. The van der Waals surface area contributed by atoms with E-state index in [-0.39, 0.29) is 5.91 Å². The van der Waals surface area contributed by atoms with Crippen LogP contribution in [0.3, 0.4) is 0 Å². The number of hydrogen-bond donors (Lipinski definition) is 2. The molecule has 0 saturated heterocycles. The smallest absolute Gasteiger partial charge is 0.220 e. The van der Waals surface area contributed by atoms with Crippen molar-refractivity contribution in [3.05, 3.63) is 21.9 Å². The van der Waals surface area contributed by atoms with Gasteiger partial charge in [0.1, 0.15) is 0 Å². The molecule has 0 aliphatic carbocycles. The van der Waals surface area contributed by atoms with E-state index in [4.69, 9.17) is 5.73 Å². The third kappa shape index (κ3) is 5.33. The van der Waals surface area contributed by atoms with Crippen LogP contribution in [0.5, 0.6) is 0 Å². The number of thiophene rings is 1. The SMILES string of the molecule is Cc1ccsc1CCCC(=O)NCC(C)CN. The third-order valence-electron chi connectivity index (χ3n) is 2.83. The molecule has 0 fully saturated rings. The van der Waals surface area contributed by atoms with E-state index in [0.717, 1.165) is 12.8 Å². The van der Waals surface area contributed by atoms with Crippen molar-refractivity contribution in [1.82, 2.24) is 5.32 Å². The van der Waals surface area contributed by atoms with E-state index in [0.29, 0.717) is 25.4 Å². The van der Waals surface area contributed by atoms with Gasteiger partial charge in [-0.05, 0) is 49.2 Å². The molecular weight excluding hydrogens is 232 g/mol. The summed E-state index contributed by atoms with van der Waals surface area (Å²) in [7, 11) is 0. The Bertz CT molecular complexity index is 349. The Morgan fingerprint density at radius 2 is 2.35 bits per heavy atom. The maximum Gasteiger partial charge on any atom is 0.220 e. The van der Waals surface area contributed by atoms with Crippen molar-refractivity contribution in [3.8, 4) is 0 Å². The van der Waals surface area contributed by atoms with Crippen molar-refractivity contribution in [2.45, 2.75) is 33.1 Å². The second-order valence-corrected chi connectivity index (χ2v) is 5.53. The van der Waals surface area contributed by atoms with Gasteiger partial charge in [-0.15, -0.1) is 11.3 Å². The topological polar surface area (TPSA) is 55.1 Å². The van der Waals surface area contributed by atoms with E-state index >= 15 is 0 Å². The molecule has 1 atom stereocenters. The highest BCUT2D eigenvalue weighted by molar-refractivity contribution is 7.10. The highest BCUT2D eigenvalue weighted by Crippen LogP contribution is 2.17. The van der Waals surface area contributed by atoms with Gasteiger partial charge in [-0.25, -0.2) is 0 Å². The Kier molecular flexibility index (Phi) is 6.22. The fourth-order valence-corrected chi connectivity index (χ4v) is 2.48. The summed E-state index contributed by atoms with van der Waals surface area (Å²) in [5, 5.41) is 5.02. The largest absolute Gasteiger partial charge is 0.356 e. The zero-order valence-corrected chi connectivity index (χ0v) is 11.5. The molecule has 3 nitrogen and oxygen atoms in total. The number of hydrogen-bond acceptors (Lipinski definition) is 3. The Balaban J connectivity index is 2.14. The average Bonchev–Trinajstić information content (AvgIpc) is 2.72. The minimum absolute atomic E-state index is 0.138. The predicted octanol–water partition coefficient (Wildman–Crippen LogP) is 2.09. The maximum atomic E-state index is 11.5. The van der Waals surface area contributed by atoms with Crippen LogP contribution < -0.4 is 11.1 Å². The Morgan fingerprint density at radius 3 is 2.94 bits per heavy atom. The molecule has 0 radical (unpaired) electrons. The van der Waals surface area contributed by atoms with E-state index in [2.05, 4.69) is 23.7 Å². The molecule has 0 aliphatic heterocycles. The number of nitrogens with two attached hydrogens (primary N) is 1. The van der Waals surface area contributed by atoms with Crippen LogP contribution in [0.4, 0.5) is 0 Å². The van der Waals surface area contributed by atoms with Crippen molar-refractivity contribution in [3.63, 3.8) is 0 Å². The average molecular weight is 254 g/mol. The molecule has 0 aliphatic rings. The molecular formula is C13H22N2OS. The van der Waals surface area contributed by atoms with Gasteiger partial charge in [-0.2, -0.15) is 0 Å². The summed E-state index contributed by atoms with van der Waals surface area (Å²) in [4.78, 5) is 12.9. The van der Waals surface area contributed by atoms with Crippen molar-refractivity contribution in [1.29, 1.82) is 0 Å². The van der Waals surface area contributed by atoms with Gasteiger partial charge in [0.25, 0.3) is 0 Å². The monoisotopic (exact) mass is 254 g/mol. The molecule has 0 saturated carbocycles. The number of aryl methyl sites for hydroxylation is 2. The summed E-state index contributed by atoms with van der Waals surface area (Å²) >= 11 is 1.77. The molecule has 17 heavy (non-hydrogen) atoms. The van der Waals surface area contributed by atoms with Crippen molar-refractivity contribution < 1.29 is 4.79 Å². The number of rotatable bonds is 7. The molecule has 1 rings (SSSR count). The molecule has 0 aromatic carbocycles. The number of nitrogens with one attached hydrogen (secondary N) is 1. The summed E-state index contributed by atoms with van der Waals surface area (Å²) < 4.78 is 0. The first kappa shape index (κ1) is 14.2. The Labute approximate surface area is 107 Å². The molecule has 3 N–H and O–H groups in total. The highest BCUT2D eigenvalue weighted by Gasteiger charge is 2.05. The fourth-order valence-electron chi connectivity index (χ4n) is 1.53. The second kappa shape index (κ2) is 7.45. The quantitative estimate of drug-likeness (QED) is 0.783. The molecule has 4 heteroatoms. The zero-order chi connectivity index (χ0) is 12.7. The highest BCUT2D eigenvalue weighted by atomic mass is 32.1. The van der Waals surface area contributed by atoms with Crippen LogP contribution in [0.2, 0.25) is 0 Å². The number of amides is 1. The molecule has 96 valence electrons. The first-order chi connectivity index (χ1) is 8.13. The van der Waals surface area contributed by atoms with Crippen molar-refractivity contribution in [2.24, 2.45) is 11.7 Å². The molecule has 0 bridgehead atoms. The second-order valence-electron chi connectivity index (χ2n) is 4.53. The summed E-state index contributed by atoms with van der Waals surface area (Å²) in [6, 6.07) is 2.13. The molecule has 1 aromatic heterocycles. The van der Waals surface area contributed by atoms with E-state index in [9.17, 15) is 4.79 Å². The molecule has 1 amide bonds. The molecule has 1 aromatic rings. The van der Waals surface area contributed by atoms with E-state index < -0.39 is 0 Å². The first-order valence-electron chi connectivity index (χ1n) is 6.13. The van der Waals surface area contributed by atoms with E-state index in [1.165, 1.54) is 10.4 Å². The van der Waals surface area contributed by atoms with Crippen LogP contribution in [0.25, 0.3) is 0 Å². The van der Waals surface area contributed by atoms with Gasteiger partial charge < -0.3 is 11.1 Å². The third-order valence-corrected chi connectivity index (χ3v) is 3.91. The Morgan fingerprint density at radius 1 is 1.59 bits per heavy atom. The van der Waals surface area contributed by atoms with Gasteiger partial charge in [-0.1, -0.05) is 6.92 Å². The summed E-state index contributed by atoms with van der Waals surface area (Å²) in [6.45, 7) is 5.46. The lowest BCUT2D eigenvalue weighted by Gasteiger charge is -2.09. The first-order valence-corrected chi connectivity index (χ1v) is 7.01. The van der Waals surface area contributed by atoms with Crippen molar-refractivity contribution >= 4 is 17.2 Å². The lowest BCUT2D eigenvalue weighted by atomic mass is 10.1.